The molecule has 0 saturated carbocycles. The van der Waals surface area contributed by atoms with E-state index < -0.39 is 52.6 Å². The van der Waals surface area contributed by atoms with Crippen molar-refractivity contribution >= 4 is 64.6 Å². The largest absolute Gasteiger partial charge is 0.493 e. The third-order valence-corrected chi connectivity index (χ3v) is 17.2. The molecule has 2 unspecified atom stereocenters. The Morgan fingerprint density at radius 3 is 1.80 bits per heavy atom. The fraction of sp³-hybridized carbons (Fsp3) is 0.595. The predicted molar refractivity (Wildman–Crippen MR) is 386 cm³/mol. The monoisotopic (exact) mass is 1450 g/mol. The van der Waals surface area contributed by atoms with E-state index in [0.717, 1.165) is 6.07 Å². The number of carboxylic acids is 1. The molecule has 102 heavy (non-hydrogen) atoms. The van der Waals surface area contributed by atoms with Gasteiger partial charge in [0, 0.05) is 150 Å². The minimum Gasteiger partial charge on any atom is -0.493 e. The Bertz CT molecular complexity index is 3410. The Labute approximate surface area is 604 Å². The Morgan fingerprint density at radius 1 is 0.647 bits per heavy atom. The molecule has 4 aromatic rings. The molecule has 4 N–H and O–H groups in total. The number of anilines is 2. The van der Waals surface area contributed by atoms with Gasteiger partial charge in [0.05, 0.1) is 69.6 Å². The number of alkyl halides is 2. The predicted octanol–water partition coefficient (Wildman–Crippen LogP) is 8.24. The van der Waals surface area contributed by atoms with E-state index in [0.29, 0.717) is 145 Å². The second-order valence-corrected chi connectivity index (χ2v) is 29.2. The van der Waals surface area contributed by atoms with Crippen molar-refractivity contribution in [1.82, 2.24) is 45.0 Å². The van der Waals surface area contributed by atoms with Crippen molar-refractivity contribution in [3.63, 3.8) is 0 Å². The summed E-state index contributed by atoms with van der Waals surface area (Å²) in [6.45, 7) is 27.7. The zero-order valence-electron chi connectivity index (χ0n) is 61.2. The van der Waals surface area contributed by atoms with E-state index in [4.69, 9.17) is 45.0 Å². The summed E-state index contributed by atoms with van der Waals surface area (Å²) in [5.41, 5.74) is -0.00816. The molecule has 3 aromatic carbocycles. The van der Waals surface area contributed by atoms with E-state index >= 15 is 0 Å². The van der Waals surface area contributed by atoms with Crippen LogP contribution in [0.1, 0.15) is 139 Å². The Hall–Kier alpha value is -7.79. The highest BCUT2D eigenvalue weighted by Gasteiger charge is 2.35. The van der Waals surface area contributed by atoms with Gasteiger partial charge in [-0.05, 0) is 143 Å². The first kappa shape index (κ1) is 81.5. The third kappa shape index (κ3) is 27.1. The second-order valence-electron chi connectivity index (χ2n) is 28.8. The summed E-state index contributed by atoms with van der Waals surface area (Å²) in [5, 5.41) is 19.5. The van der Waals surface area contributed by atoms with Gasteiger partial charge in [-0.1, -0.05) is 30.7 Å². The number of ether oxygens (including phenoxy) is 6. The molecule has 0 spiro atoms. The van der Waals surface area contributed by atoms with E-state index in [1.807, 2.05) is 90.6 Å². The summed E-state index contributed by atoms with van der Waals surface area (Å²) >= 11 is 6.05. The molecule has 0 bridgehead atoms. The van der Waals surface area contributed by atoms with Gasteiger partial charge in [-0.3, -0.25) is 48.4 Å². The van der Waals surface area contributed by atoms with Gasteiger partial charge in [0.2, 0.25) is 5.91 Å². The lowest BCUT2D eigenvalue weighted by atomic mass is 10.0. The average Bonchev–Trinajstić information content (AvgIpc) is 0.791. The summed E-state index contributed by atoms with van der Waals surface area (Å²) in [7, 11) is 0. The number of hydrogen-bond donors (Lipinski definition) is 4. The average molecular weight is 1450 g/mol. The highest BCUT2D eigenvalue weighted by Crippen LogP contribution is 2.35. The first-order chi connectivity index (χ1) is 48.3. The molecule has 562 valence electrons. The molecule has 1 aromatic heterocycles. The molecule has 3 saturated heterocycles. The Morgan fingerprint density at radius 2 is 1.24 bits per heavy atom. The van der Waals surface area contributed by atoms with E-state index in [1.54, 1.807) is 52.5 Å². The summed E-state index contributed by atoms with van der Waals surface area (Å²) in [6.07, 6.45) is -1.04. The highest BCUT2D eigenvalue weighted by molar-refractivity contribution is 6.30. The number of carboxylic acid groups (broad SMARTS) is 1. The number of pyridine rings is 1. The first-order valence-electron chi connectivity index (χ1n) is 35.4. The SMILES string of the molecule is CCOc1ccccc1-c1ccc(N2CCN(C(=O)c3ccc(Cl)cc3C(F)F)CC2CC)c(C(=O)NC2CCN(CCCOc3cc(NCCOCCNC(=O)CN4CCN(CC(=O)OC(C)(C)C)CCN(CC(=O)OC(C)(C)C)CCN(CC(=O)OC(C)(C)C)CC4)cc(C(=O)O)c3)C2)n1. The van der Waals surface area contributed by atoms with Crippen molar-refractivity contribution in [2.24, 2.45) is 0 Å². The lowest BCUT2D eigenvalue weighted by molar-refractivity contribution is -0.158. The van der Waals surface area contributed by atoms with Crippen molar-refractivity contribution in [2.45, 2.75) is 131 Å². The molecule has 2 atom stereocenters. The Kier molecular flexibility index (Phi) is 30.9. The van der Waals surface area contributed by atoms with Gasteiger partial charge in [0.15, 0.2) is 5.69 Å². The van der Waals surface area contributed by atoms with Gasteiger partial charge in [-0.25, -0.2) is 18.6 Å². The van der Waals surface area contributed by atoms with Crippen LogP contribution in [0, 0.1) is 0 Å². The molecule has 0 radical (unpaired) electrons. The molecule has 3 aliphatic rings. The topological polar surface area (TPSA) is 267 Å². The zero-order chi connectivity index (χ0) is 74.3. The molecular weight excluding hydrogens is 1340 g/mol. The third-order valence-electron chi connectivity index (χ3n) is 17.0. The van der Waals surface area contributed by atoms with Crippen LogP contribution in [0.4, 0.5) is 20.2 Å². The number of esters is 3. The van der Waals surface area contributed by atoms with Gasteiger partial charge in [-0.15, -0.1) is 0 Å². The van der Waals surface area contributed by atoms with Crippen LogP contribution >= 0.6 is 11.6 Å². The lowest BCUT2D eigenvalue weighted by Crippen LogP contribution is -2.55. The molecule has 7 rings (SSSR count). The summed E-state index contributed by atoms with van der Waals surface area (Å²) in [6, 6.07) is 19.3. The number of carbonyl (C=O) groups is 7. The van der Waals surface area contributed by atoms with Crippen LogP contribution in [0.5, 0.6) is 11.5 Å². The molecule has 25 nitrogen and oxygen atoms in total. The maximum Gasteiger partial charge on any atom is 0.335 e. The minimum absolute atomic E-state index is 0.00140. The number of para-hydroxylation sites is 1. The minimum atomic E-state index is -2.89. The van der Waals surface area contributed by atoms with Crippen molar-refractivity contribution in [1.29, 1.82) is 0 Å². The molecule has 28 heteroatoms. The quantitative estimate of drug-likeness (QED) is 0.0217. The highest BCUT2D eigenvalue weighted by atomic mass is 35.5. The number of nitrogens with zero attached hydrogens (tertiary/aromatic N) is 8. The number of nitrogens with one attached hydrogen (secondary N) is 3. The number of hydrogen-bond acceptors (Lipinski definition) is 21. The molecule has 3 amide bonds. The Balaban J connectivity index is 0.888. The maximum atomic E-state index is 14.6. The van der Waals surface area contributed by atoms with Crippen molar-refractivity contribution in [2.75, 3.05) is 168 Å². The number of halogens is 3. The van der Waals surface area contributed by atoms with E-state index in [2.05, 4.69) is 25.8 Å². The first-order valence-corrected chi connectivity index (χ1v) is 35.7. The second kappa shape index (κ2) is 38.6. The zero-order valence-corrected chi connectivity index (χ0v) is 62.0. The van der Waals surface area contributed by atoms with Crippen molar-refractivity contribution < 1.29 is 75.9 Å². The normalized spacial score (nSPS) is 17.5. The van der Waals surface area contributed by atoms with E-state index in [-0.39, 0.29) is 117 Å². The number of carbonyl (C=O) groups excluding carboxylic acids is 6. The molecule has 3 aliphatic heterocycles. The number of aromatic nitrogens is 1. The van der Waals surface area contributed by atoms with Gasteiger partial charge in [0.25, 0.3) is 18.2 Å². The van der Waals surface area contributed by atoms with Gasteiger partial charge in [-0.2, -0.15) is 0 Å². The van der Waals surface area contributed by atoms with Crippen LogP contribution in [0.3, 0.4) is 0 Å². The van der Waals surface area contributed by atoms with Crippen molar-refractivity contribution in [3.8, 4) is 22.8 Å². The van der Waals surface area contributed by atoms with Crippen LogP contribution in [0.15, 0.2) is 72.8 Å². The van der Waals surface area contributed by atoms with E-state index in [9.17, 15) is 47.4 Å². The van der Waals surface area contributed by atoms with Gasteiger partial charge < -0.3 is 64.2 Å². The summed E-state index contributed by atoms with van der Waals surface area (Å²) < 4.78 is 63.2. The van der Waals surface area contributed by atoms with Crippen LogP contribution in [-0.4, -0.2) is 267 Å². The summed E-state index contributed by atoms with van der Waals surface area (Å²) in [4.78, 5) is 112. The van der Waals surface area contributed by atoms with Crippen molar-refractivity contribution in [3.05, 3.63) is 100 Å². The van der Waals surface area contributed by atoms with Crippen LogP contribution in [0.25, 0.3) is 11.3 Å². The number of rotatable bonds is 30. The number of piperazine rings is 1. The number of likely N-dealkylation sites (tertiary alicyclic amines) is 1. The number of amides is 3. The fourth-order valence-corrected chi connectivity index (χ4v) is 12.5. The number of benzene rings is 3. The molecule has 0 aliphatic carbocycles. The lowest BCUT2D eigenvalue weighted by Gasteiger charge is -2.43. The smallest absolute Gasteiger partial charge is 0.335 e. The van der Waals surface area contributed by atoms with Gasteiger partial charge >= 0.3 is 23.9 Å². The standard InChI is InChI=1S/C74H106ClF2N11O14/c1-12-55-46-87(70(94)57-20-19-52(75)43-59(57)68(76)77)36-37-88(55)61-22-21-60(58-17-14-15-18-62(58)98-13-2)81-67(61)69(93)80-53-23-27-82(45-53)26-16-38-99-56-42-51(71(95)96)41-54(44-56)78-24-39-97-40-25-79-63(89)47-83-28-30-84(48-64(90)100-72(3,4)5)32-34-86(50-66(92)102-74(9,10)11)35-33-85(31-29-83)49-65(91)101-73(6,7)8/h14-15,17-22,41-44,53,55,68,78H,12-13,16,23-40,45-50H2,1-11H3,(H,79,89)(H,80,93)(H,95,96). The molecule has 4 heterocycles. The van der Waals surface area contributed by atoms with Crippen LogP contribution in [0.2, 0.25) is 5.02 Å². The van der Waals surface area contributed by atoms with Crippen LogP contribution in [-0.2, 0) is 38.1 Å². The number of aromatic carboxylic acids is 1. The van der Waals surface area contributed by atoms with Gasteiger partial charge in [0.1, 0.15) is 28.3 Å². The summed E-state index contributed by atoms with van der Waals surface area (Å²) in [5.74, 6) is -2.45. The molecular formula is C74H106ClF2N11O14. The van der Waals surface area contributed by atoms with Crippen LogP contribution < -0.4 is 30.3 Å². The molecule has 3 fully saturated rings. The van der Waals surface area contributed by atoms with E-state index in [1.165, 1.54) is 24.3 Å². The maximum absolute atomic E-state index is 14.6. The fourth-order valence-electron chi connectivity index (χ4n) is 12.3.